The fourth-order valence-corrected chi connectivity index (χ4v) is 15.4. The minimum Gasteiger partial charge on any atom is -0.453 e. The van der Waals surface area contributed by atoms with Crippen LogP contribution in [0.25, 0.3) is 11.3 Å². The molecule has 0 saturated heterocycles. The summed E-state index contributed by atoms with van der Waals surface area (Å²) in [4.78, 5) is 15.1. The number of Topliss-reactive ketones (excluding diaryl/α,β-unsaturated/α-hetero) is 1. The van der Waals surface area contributed by atoms with Crippen LogP contribution in [0.3, 0.4) is 0 Å². The zero-order valence-electron chi connectivity index (χ0n) is 33.5. The molecule has 11 atom stereocenters. The van der Waals surface area contributed by atoms with E-state index in [9.17, 15) is 31.8 Å². The number of rotatable bonds is 8. The third-order valence-corrected chi connectivity index (χ3v) is 19.2. The maximum absolute atomic E-state index is 15.1. The quantitative estimate of drug-likeness (QED) is 0.203. The second kappa shape index (κ2) is 12.6. The third-order valence-electron chi connectivity index (χ3n) is 17.7. The Kier molecular flexibility index (Phi) is 8.81. The molecular weight excluding hydrogens is 775 g/mol. The Balaban J connectivity index is 1.10. The largest absolute Gasteiger partial charge is 0.453 e. The van der Waals surface area contributed by atoms with Gasteiger partial charge in [0.05, 0.1) is 28.5 Å². The smallest absolute Gasteiger partial charge is 0.416 e. The molecule has 2 N–H and O–H groups in total. The van der Waals surface area contributed by atoms with Gasteiger partial charge in [-0.2, -0.15) is 17.5 Å². The van der Waals surface area contributed by atoms with Gasteiger partial charge >= 0.3 is 6.18 Å². The number of hydrogen-bond donors (Lipinski definition) is 2. The maximum Gasteiger partial charge on any atom is 0.416 e. The molecule has 2 spiro atoms. The first-order valence-corrected chi connectivity index (χ1v) is 23.0. The molecule has 11 unspecified atom stereocenters. The molecule has 7 nitrogen and oxygen atoms in total. The predicted octanol–water partition coefficient (Wildman–Crippen LogP) is 9.73. The second-order valence-electron chi connectivity index (χ2n) is 20.2. The van der Waals surface area contributed by atoms with Crippen LogP contribution < -0.4 is 0 Å². The van der Waals surface area contributed by atoms with Crippen molar-refractivity contribution in [2.75, 3.05) is 19.3 Å². The molecule has 9 aliphatic carbocycles. The second-order valence-corrected chi connectivity index (χ2v) is 22.6. The van der Waals surface area contributed by atoms with Crippen LogP contribution in [-0.4, -0.2) is 59.8 Å². The maximum atomic E-state index is 15.1. The van der Waals surface area contributed by atoms with Gasteiger partial charge in [0.25, 0.3) is 0 Å². The Morgan fingerprint density at radius 2 is 1.67 bits per heavy atom. The number of carbonyl (C=O) groups is 1. The summed E-state index contributed by atoms with van der Waals surface area (Å²) in [6, 6.07) is 5.97. The molecule has 1 heterocycles. The minimum atomic E-state index is -4.60. The average molecular weight is 830 g/mol. The van der Waals surface area contributed by atoms with Crippen LogP contribution in [0.15, 0.2) is 58.6 Å². The lowest BCUT2D eigenvalue weighted by Gasteiger charge is -2.71. The van der Waals surface area contributed by atoms with Gasteiger partial charge in [0.2, 0.25) is 15.8 Å². The molecule has 0 amide bonds. The number of halogens is 4. The molecule has 0 aliphatic heterocycles. The number of furan rings is 1. The molecule has 57 heavy (non-hydrogen) atoms. The Morgan fingerprint density at radius 1 is 0.965 bits per heavy atom. The highest BCUT2D eigenvalue weighted by atomic mass is 35.5. The van der Waals surface area contributed by atoms with E-state index in [-0.39, 0.29) is 63.0 Å². The summed E-state index contributed by atoms with van der Waals surface area (Å²) in [6.45, 7) is 9.37. The Morgan fingerprint density at radius 3 is 2.35 bits per heavy atom. The molecule has 6 saturated carbocycles. The number of fused-ring (bicyclic) bond motifs is 3. The van der Waals surface area contributed by atoms with Crippen LogP contribution in [0.5, 0.6) is 0 Å². The first-order valence-electron chi connectivity index (χ1n) is 20.8. The molecule has 310 valence electrons. The van der Waals surface area contributed by atoms with E-state index in [1.807, 2.05) is 0 Å². The third kappa shape index (κ3) is 5.52. The van der Waals surface area contributed by atoms with Gasteiger partial charge in [-0.3, -0.25) is 4.79 Å². The number of aliphatic hydroxyl groups excluding tert-OH is 1. The van der Waals surface area contributed by atoms with Crippen LogP contribution in [0.1, 0.15) is 108 Å². The highest BCUT2D eigenvalue weighted by molar-refractivity contribution is 7.88. The molecule has 2 aromatic rings. The number of sulfonamides is 1. The summed E-state index contributed by atoms with van der Waals surface area (Å²) in [5.41, 5.74) is -4.00. The van der Waals surface area contributed by atoms with Crippen molar-refractivity contribution in [2.45, 2.75) is 110 Å². The van der Waals surface area contributed by atoms with Gasteiger partial charge in [0, 0.05) is 40.5 Å². The van der Waals surface area contributed by atoms with Crippen LogP contribution in [0, 0.1) is 56.7 Å². The number of ketones is 1. The summed E-state index contributed by atoms with van der Waals surface area (Å²) in [6.07, 6.45) is 9.90. The topological polar surface area (TPSA) is 108 Å². The first kappa shape index (κ1) is 40.0. The van der Waals surface area contributed by atoms with Gasteiger partial charge in [0.15, 0.2) is 5.76 Å². The molecule has 1 aromatic heterocycles. The lowest BCUT2D eigenvalue weighted by Crippen LogP contribution is -2.67. The summed E-state index contributed by atoms with van der Waals surface area (Å²) in [5.74, 6) is 0.765. The van der Waals surface area contributed by atoms with Crippen LogP contribution in [0.4, 0.5) is 13.2 Å². The molecule has 11 rings (SSSR count). The van der Waals surface area contributed by atoms with Gasteiger partial charge in [-0.1, -0.05) is 57.5 Å². The minimum absolute atomic E-state index is 0.00391. The van der Waals surface area contributed by atoms with Crippen molar-refractivity contribution in [1.29, 1.82) is 0 Å². The van der Waals surface area contributed by atoms with E-state index in [0.29, 0.717) is 62.5 Å². The lowest BCUT2D eigenvalue weighted by atomic mass is 9.32. The van der Waals surface area contributed by atoms with E-state index < -0.39 is 49.7 Å². The van der Waals surface area contributed by atoms with Crippen molar-refractivity contribution < 1.29 is 41.0 Å². The van der Waals surface area contributed by atoms with Gasteiger partial charge in [-0.05, 0) is 135 Å². The van der Waals surface area contributed by atoms with Gasteiger partial charge in [-0.15, -0.1) is 0 Å². The van der Waals surface area contributed by atoms with Gasteiger partial charge < -0.3 is 14.6 Å². The molecular formula is C45H55ClF3NO6S. The number of carbonyl (C=O) groups excluding carboxylic acids is 1. The molecule has 4 bridgehead atoms. The number of hydrogen-bond acceptors (Lipinski definition) is 6. The summed E-state index contributed by atoms with van der Waals surface area (Å²) in [5, 5.41) is 24.2. The fourth-order valence-electron chi connectivity index (χ4n) is 14.3. The van der Waals surface area contributed by atoms with Gasteiger partial charge in [-0.25, -0.2) is 8.42 Å². The molecule has 0 radical (unpaired) electrons. The number of allylic oxidation sites excluding steroid dienone is 4. The summed E-state index contributed by atoms with van der Waals surface area (Å²) in [7, 11) is -3.67. The van der Waals surface area contributed by atoms with Crippen LogP contribution in [-0.2, 0) is 16.2 Å². The molecule has 1 aromatic carbocycles. The first-order chi connectivity index (χ1) is 26.5. The Bertz CT molecular complexity index is 2200. The monoisotopic (exact) mass is 829 g/mol. The SMILES string of the molecule is CC1(C)C2CCC(CN(CC3(O)CCC4C56C=CC7(C=C5C(=O)c5ccc(-c8cc(C(F)(F)F)ccc8Cl)o5)CC(O)CCC7(C)C6CCC43C)S(C)(=O)=O)C1C2. The van der Waals surface area contributed by atoms with Crippen molar-refractivity contribution in [3.8, 4) is 11.3 Å². The fraction of sp³-hybridized carbons (Fsp3) is 0.667. The van der Waals surface area contributed by atoms with Crippen LogP contribution in [0.2, 0.25) is 5.02 Å². The van der Waals surface area contributed by atoms with E-state index in [1.54, 1.807) is 4.31 Å². The van der Waals surface area contributed by atoms with E-state index in [2.05, 4.69) is 45.9 Å². The van der Waals surface area contributed by atoms with Crippen molar-refractivity contribution in [3.05, 3.63) is 70.5 Å². The molecule has 12 heteroatoms. The number of benzene rings is 1. The molecule has 6 fully saturated rings. The average Bonchev–Trinajstić information content (AvgIpc) is 3.73. The number of nitrogens with zero attached hydrogens (tertiary/aromatic N) is 1. The Labute approximate surface area is 339 Å². The van der Waals surface area contributed by atoms with Crippen molar-refractivity contribution in [1.82, 2.24) is 4.31 Å². The standard InChI is InChI=1S/C45H55ClF3NO6S/c1-39(2)27-7-6-26(31(39)21-27)24-50(57(5,54)55)25-43(53)17-14-37-41(43,4)16-13-36-40(3)15-12-29(51)22-42(40)18-19-44(36,37)32(23-42)38(52)35-11-10-34(56-35)30-20-28(45(47,48)49)8-9-33(30)46/h8-11,18-20,23,26-27,29,31,36-37,51,53H,6-7,12-17,21-22,24-25H2,1-5H3. The van der Waals surface area contributed by atoms with Crippen molar-refractivity contribution in [3.63, 3.8) is 0 Å². The predicted molar refractivity (Wildman–Crippen MR) is 212 cm³/mol. The van der Waals surface area contributed by atoms with E-state index in [0.717, 1.165) is 37.8 Å². The summed E-state index contributed by atoms with van der Waals surface area (Å²) >= 11 is 6.39. The van der Waals surface area contributed by atoms with Gasteiger partial charge in [0.1, 0.15) is 5.76 Å². The normalized spacial score (nSPS) is 41.6. The number of aliphatic hydroxyl groups is 2. The summed E-state index contributed by atoms with van der Waals surface area (Å²) < 4.78 is 76.0. The Hall–Kier alpha value is -2.44. The van der Waals surface area contributed by atoms with E-state index >= 15 is 4.79 Å². The van der Waals surface area contributed by atoms with E-state index in [4.69, 9.17) is 16.0 Å². The number of alkyl halides is 3. The highest BCUT2D eigenvalue weighted by Crippen LogP contribution is 2.78. The van der Waals surface area contributed by atoms with Crippen LogP contribution >= 0.6 is 11.6 Å². The lowest BCUT2D eigenvalue weighted by molar-refractivity contribution is -0.175. The highest BCUT2D eigenvalue weighted by Gasteiger charge is 2.75. The van der Waals surface area contributed by atoms with Crippen molar-refractivity contribution in [2.24, 2.45) is 56.7 Å². The van der Waals surface area contributed by atoms with Crippen molar-refractivity contribution >= 4 is 27.4 Å². The zero-order chi connectivity index (χ0) is 40.9. The zero-order valence-corrected chi connectivity index (χ0v) is 35.0. The molecule has 9 aliphatic rings. The van der Waals surface area contributed by atoms with E-state index in [1.165, 1.54) is 24.5 Å².